The van der Waals surface area contributed by atoms with Crippen molar-refractivity contribution < 1.29 is 8.78 Å². The molecule has 2 unspecified atom stereocenters. The summed E-state index contributed by atoms with van der Waals surface area (Å²) in [6.07, 6.45) is 2.41. The molecule has 0 aliphatic carbocycles. The van der Waals surface area contributed by atoms with E-state index in [-0.39, 0.29) is 5.56 Å². The predicted octanol–water partition coefficient (Wildman–Crippen LogP) is 3.62. The molecular formula is C14H19F2N. The van der Waals surface area contributed by atoms with Gasteiger partial charge in [-0.2, -0.15) is 0 Å². The number of alkyl halides is 1. The van der Waals surface area contributed by atoms with Gasteiger partial charge < -0.3 is 5.32 Å². The average molecular weight is 239 g/mol. The third-order valence-electron chi connectivity index (χ3n) is 3.48. The maximum absolute atomic E-state index is 14.1. The summed E-state index contributed by atoms with van der Waals surface area (Å²) >= 11 is 0. The largest absolute Gasteiger partial charge is 0.317 e. The third-order valence-corrected chi connectivity index (χ3v) is 3.48. The lowest BCUT2D eigenvalue weighted by Gasteiger charge is -2.17. The van der Waals surface area contributed by atoms with Crippen molar-refractivity contribution in [2.75, 3.05) is 13.1 Å². The van der Waals surface area contributed by atoms with Gasteiger partial charge in [-0.25, -0.2) is 8.78 Å². The molecule has 1 aliphatic rings. The summed E-state index contributed by atoms with van der Waals surface area (Å²) in [6.45, 7) is 1.97. The zero-order chi connectivity index (χ0) is 12.1. The number of benzene rings is 1. The van der Waals surface area contributed by atoms with Crippen LogP contribution in [0, 0.1) is 11.7 Å². The monoisotopic (exact) mass is 239 g/mol. The van der Waals surface area contributed by atoms with E-state index in [0.717, 1.165) is 32.4 Å². The molecule has 1 N–H and O–H groups in total. The normalized spacial score (nSPS) is 23.1. The van der Waals surface area contributed by atoms with Crippen molar-refractivity contribution in [1.82, 2.24) is 5.32 Å². The summed E-state index contributed by atoms with van der Waals surface area (Å²) in [5.41, 5.74) is 0.213. The fourth-order valence-electron chi connectivity index (χ4n) is 2.48. The van der Waals surface area contributed by atoms with Gasteiger partial charge >= 0.3 is 0 Å². The number of nitrogens with one attached hydrogen (secondary N) is 1. The minimum absolute atomic E-state index is 0.213. The van der Waals surface area contributed by atoms with Gasteiger partial charge in [-0.3, -0.25) is 0 Å². The quantitative estimate of drug-likeness (QED) is 0.849. The van der Waals surface area contributed by atoms with E-state index in [0.29, 0.717) is 12.3 Å². The molecule has 2 rings (SSSR count). The summed E-state index contributed by atoms with van der Waals surface area (Å²) in [5, 5.41) is 3.31. The standard InChI is InChI=1S/C14H19F2N/c15-13-6-2-1-5-12(13)14(16)10-11-4-3-8-17-9-7-11/h1-2,5-6,11,14,17H,3-4,7-10H2. The van der Waals surface area contributed by atoms with Gasteiger partial charge in [-0.1, -0.05) is 18.2 Å². The van der Waals surface area contributed by atoms with Crippen molar-refractivity contribution >= 4 is 0 Å². The van der Waals surface area contributed by atoms with Crippen LogP contribution in [-0.2, 0) is 0 Å². The maximum atomic E-state index is 14.1. The molecule has 94 valence electrons. The molecule has 0 spiro atoms. The van der Waals surface area contributed by atoms with Gasteiger partial charge in [-0.15, -0.1) is 0 Å². The predicted molar refractivity (Wildman–Crippen MR) is 65.1 cm³/mol. The van der Waals surface area contributed by atoms with Crippen LogP contribution in [0.15, 0.2) is 24.3 Å². The lowest BCUT2D eigenvalue weighted by Crippen LogP contribution is -2.14. The van der Waals surface area contributed by atoms with E-state index in [1.807, 2.05) is 0 Å². The summed E-state index contributed by atoms with van der Waals surface area (Å²) < 4.78 is 27.5. The van der Waals surface area contributed by atoms with Gasteiger partial charge in [0.15, 0.2) is 0 Å². The van der Waals surface area contributed by atoms with Crippen molar-refractivity contribution in [3.63, 3.8) is 0 Å². The van der Waals surface area contributed by atoms with Crippen molar-refractivity contribution in [2.24, 2.45) is 5.92 Å². The second kappa shape index (κ2) is 6.10. The lowest BCUT2D eigenvalue weighted by atomic mass is 9.92. The first-order chi connectivity index (χ1) is 8.27. The van der Waals surface area contributed by atoms with Crippen molar-refractivity contribution in [3.8, 4) is 0 Å². The van der Waals surface area contributed by atoms with Gasteiger partial charge in [0, 0.05) is 5.56 Å². The molecule has 1 aromatic carbocycles. The van der Waals surface area contributed by atoms with Crippen molar-refractivity contribution in [1.29, 1.82) is 0 Å². The molecule has 1 saturated heterocycles. The Morgan fingerprint density at radius 1 is 1.24 bits per heavy atom. The molecule has 1 aromatic rings. The van der Waals surface area contributed by atoms with Gasteiger partial charge in [0.05, 0.1) is 0 Å². The molecule has 0 aromatic heterocycles. The van der Waals surface area contributed by atoms with Crippen LogP contribution in [0.1, 0.15) is 37.4 Å². The number of halogens is 2. The van der Waals surface area contributed by atoms with Crippen LogP contribution in [0.4, 0.5) is 8.78 Å². The second-order valence-electron chi connectivity index (χ2n) is 4.77. The van der Waals surface area contributed by atoms with E-state index in [4.69, 9.17) is 0 Å². The van der Waals surface area contributed by atoms with Crippen LogP contribution in [0.2, 0.25) is 0 Å². The molecular weight excluding hydrogens is 220 g/mol. The van der Waals surface area contributed by atoms with Crippen LogP contribution in [0.3, 0.4) is 0 Å². The molecule has 1 aliphatic heterocycles. The Bertz CT molecular complexity index is 346. The van der Waals surface area contributed by atoms with Gasteiger partial charge in [0.2, 0.25) is 0 Å². The highest BCUT2D eigenvalue weighted by atomic mass is 19.1. The zero-order valence-corrected chi connectivity index (χ0v) is 9.96. The first-order valence-electron chi connectivity index (χ1n) is 6.36. The van der Waals surface area contributed by atoms with E-state index < -0.39 is 12.0 Å². The van der Waals surface area contributed by atoms with Gasteiger partial charge in [0.1, 0.15) is 12.0 Å². The molecule has 1 nitrogen and oxygen atoms in total. The SMILES string of the molecule is Fc1ccccc1C(F)CC1CCCNCC1. The number of hydrogen-bond acceptors (Lipinski definition) is 1. The zero-order valence-electron chi connectivity index (χ0n) is 9.96. The smallest absolute Gasteiger partial charge is 0.129 e. The van der Waals surface area contributed by atoms with Crippen LogP contribution in [-0.4, -0.2) is 13.1 Å². The first kappa shape index (κ1) is 12.5. The number of rotatable bonds is 3. The van der Waals surface area contributed by atoms with Gasteiger partial charge in [-0.05, 0) is 50.8 Å². The first-order valence-corrected chi connectivity index (χ1v) is 6.36. The molecule has 0 bridgehead atoms. The molecule has 0 saturated carbocycles. The third kappa shape index (κ3) is 3.50. The summed E-state index contributed by atoms with van der Waals surface area (Å²) in [4.78, 5) is 0. The minimum Gasteiger partial charge on any atom is -0.317 e. The molecule has 17 heavy (non-hydrogen) atoms. The van der Waals surface area contributed by atoms with Gasteiger partial charge in [0.25, 0.3) is 0 Å². The Balaban J connectivity index is 1.96. The lowest BCUT2D eigenvalue weighted by molar-refractivity contribution is 0.255. The molecule has 2 atom stereocenters. The average Bonchev–Trinajstić information content (AvgIpc) is 2.58. The second-order valence-corrected chi connectivity index (χ2v) is 4.77. The van der Waals surface area contributed by atoms with Crippen LogP contribution in [0.25, 0.3) is 0 Å². The molecule has 0 radical (unpaired) electrons. The molecule has 1 heterocycles. The Morgan fingerprint density at radius 3 is 2.88 bits per heavy atom. The fraction of sp³-hybridized carbons (Fsp3) is 0.571. The Hall–Kier alpha value is -0.960. The Kier molecular flexibility index (Phi) is 4.49. The van der Waals surface area contributed by atoms with Crippen LogP contribution in [0.5, 0.6) is 0 Å². The molecule has 3 heteroatoms. The highest BCUT2D eigenvalue weighted by molar-refractivity contribution is 5.19. The maximum Gasteiger partial charge on any atom is 0.129 e. The highest BCUT2D eigenvalue weighted by Crippen LogP contribution is 2.31. The fourth-order valence-corrected chi connectivity index (χ4v) is 2.48. The summed E-state index contributed by atoms with van der Waals surface area (Å²) in [5.74, 6) is -0.0497. The van der Waals surface area contributed by atoms with Crippen LogP contribution < -0.4 is 5.32 Å². The van der Waals surface area contributed by atoms with E-state index >= 15 is 0 Å². The Morgan fingerprint density at radius 2 is 2.06 bits per heavy atom. The summed E-state index contributed by atoms with van der Waals surface area (Å²) in [6, 6.07) is 6.17. The van der Waals surface area contributed by atoms with E-state index in [1.54, 1.807) is 18.2 Å². The van der Waals surface area contributed by atoms with Crippen molar-refractivity contribution in [3.05, 3.63) is 35.6 Å². The van der Waals surface area contributed by atoms with Crippen molar-refractivity contribution in [2.45, 2.75) is 31.9 Å². The summed E-state index contributed by atoms with van der Waals surface area (Å²) in [7, 11) is 0. The van der Waals surface area contributed by atoms with E-state index in [2.05, 4.69) is 5.32 Å². The number of hydrogen-bond donors (Lipinski definition) is 1. The topological polar surface area (TPSA) is 12.0 Å². The molecule has 0 amide bonds. The van der Waals surface area contributed by atoms with Crippen LogP contribution >= 0.6 is 0 Å². The van der Waals surface area contributed by atoms with E-state index in [9.17, 15) is 8.78 Å². The Labute approximate surface area is 101 Å². The van der Waals surface area contributed by atoms with E-state index in [1.165, 1.54) is 6.07 Å². The molecule has 1 fully saturated rings. The minimum atomic E-state index is -1.17. The highest BCUT2D eigenvalue weighted by Gasteiger charge is 2.20.